The molecule has 1 N–H and O–H groups in total. The minimum absolute atomic E-state index is 0.126. The zero-order valence-corrected chi connectivity index (χ0v) is 7.12. The smallest absolute Gasteiger partial charge is 0.143 e. The molecule has 2 atom stereocenters. The molecule has 1 fully saturated rings. The molecule has 0 aromatic heterocycles. The zero-order chi connectivity index (χ0) is 8.60. The van der Waals surface area contributed by atoms with Gasteiger partial charge in [-0.3, -0.25) is 4.79 Å². The normalized spacial score (nSPS) is 39.1. The van der Waals surface area contributed by atoms with Gasteiger partial charge in [0.1, 0.15) is 5.78 Å². The van der Waals surface area contributed by atoms with Crippen molar-refractivity contribution in [2.75, 3.05) is 6.61 Å². The van der Waals surface area contributed by atoms with E-state index in [1.165, 1.54) is 0 Å². The van der Waals surface area contributed by atoms with Gasteiger partial charge in [0.15, 0.2) is 0 Å². The molecular formula is C10H14O2. The number of Topliss-reactive ketones (excluding diaryl/α,β-unsaturated/α-hetero) is 1. The maximum absolute atomic E-state index is 11.6. The third-order valence-electron chi connectivity index (χ3n) is 3.21. The summed E-state index contributed by atoms with van der Waals surface area (Å²) in [6.07, 6.45) is 7.59. The maximum Gasteiger partial charge on any atom is 0.143 e. The fourth-order valence-corrected chi connectivity index (χ4v) is 2.33. The average Bonchev–Trinajstić information content (AvgIpc) is 2.08. The van der Waals surface area contributed by atoms with Gasteiger partial charge < -0.3 is 5.11 Å². The van der Waals surface area contributed by atoms with E-state index in [0.717, 1.165) is 12.8 Å². The van der Waals surface area contributed by atoms with E-state index in [9.17, 15) is 4.79 Å². The highest BCUT2D eigenvalue weighted by molar-refractivity contribution is 5.89. The SMILES string of the molecule is O=C1CC2C=CC1(CCO)CC2. The van der Waals surface area contributed by atoms with E-state index < -0.39 is 0 Å². The summed E-state index contributed by atoms with van der Waals surface area (Å²) >= 11 is 0. The van der Waals surface area contributed by atoms with Gasteiger partial charge in [-0.2, -0.15) is 0 Å². The van der Waals surface area contributed by atoms with E-state index in [2.05, 4.69) is 6.08 Å². The lowest BCUT2D eigenvalue weighted by Gasteiger charge is -2.40. The molecule has 2 unspecified atom stereocenters. The molecule has 0 spiro atoms. The monoisotopic (exact) mass is 166 g/mol. The van der Waals surface area contributed by atoms with Gasteiger partial charge in [-0.15, -0.1) is 0 Å². The fourth-order valence-electron chi connectivity index (χ4n) is 2.33. The number of ketones is 1. The highest BCUT2D eigenvalue weighted by Gasteiger charge is 2.42. The predicted octanol–water partition coefficient (Wildman–Crippen LogP) is 1.29. The van der Waals surface area contributed by atoms with Crippen LogP contribution in [-0.2, 0) is 4.79 Å². The lowest BCUT2D eigenvalue weighted by atomic mass is 9.63. The van der Waals surface area contributed by atoms with Gasteiger partial charge in [0.05, 0.1) is 0 Å². The highest BCUT2D eigenvalue weighted by atomic mass is 16.3. The Bertz CT molecular complexity index is 232. The number of allylic oxidation sites excluding steroid dienone is 2. The van der Waals surface area contributed by atoms with Gasteiger partial charge in [0, 0.05) is 18.4 Å². The Morgan fingerprint density at radius 1 is 1.67 bits per heavy atom. The lowest BCUT2D eigenvalue weighted by Crippen LogP contribution is -2.39. The van der Waals surface area contributed by atoms with Gasteiger partial charge in [0.25, 0.3) is 0 Å². The standard InChI is InChI=1S/C10H14O2/c11-6-5-10-3-1-8(2-4-10)7-9(10)12/h1,3,8,11H,2,4-7H2. The Labute approximate surface area is 72.3 Å². The first-order valence-corrected chi connectivity index (χ1v) is 4.60. The van der Waals surface area contributed by atoms with Crippen LogP contribution in [0.1, 0.15) is 25.7 Å². The van der Waals surface area contributed by atoms with Gasteiger partial charge >= 0.3 is 0 Å². The first-order chi connectivity index (χ1) is 5.77. The molecule has 0 aromatic carbocycles. The molecule has 2 nitrogen and oxygen atoms in total. The maximum atomic E-state index is 11.6. The largest absolute Gasteiger partial charge is 0.396 e. The van der Waals surface area contributed by atoms with Gasteiger partial charge in [0.2, 0.25) is 0 Å². The molecule has 2 bridgehead atoms. The summed E-state index contributed by atoms with van der Waals surface area (Å²) in [4.78, 5) is 11.6. The van der Waals surface area contributed by atoms with Gasteiger partial charge in [-0.05, 0) is 25.2 Å². The Morgan fingerprint density at radius 2 is 2.50 bits per heavy atom. The number of rotatable bonds is 2. The summed E-state index contributed by atoms with van der Waals surface area (Å²) in [5.41, 5.74) is -0.274. The molecule has 0 aliphatic heterocycles. The summed E-state index contributed by atoms with van der Waals surface area (Å²) in [5.74, 6) is 0.841. The van der Waals surface area contributed by atoms with Crippen molar-refractivity contribution in [3.8, 4) is 0 Å². The molecule has 0 radical (unpaired) electrons. The van der Waals surface area contributed by atoms with Crippen LogP contribution in [0.3, 0.4) is 0 Å². The Hall–Kier alpha value is -0.630. The van der Waals surface area contributed by atoms with Crippen LogP contribution in [0.5, 0.6) is 0 Å². The third kappa shape index (κ3) is 1.02. The minimum Gasteiger partial charge on any atom is -0.396 e. The fraction of sp³-hybridized carbons (Fsp3) is 0.700. The second-order valence-electron chi connectivity index (χ2n) is 3.91. The summed E-state index contributed by atoms with van der Waals surface area (Å²) in [5, 5.41) is 8.86. The number of aliphatic hydroxyl groups excluding tert-OH is 1. The van der Waals surface area contributed by atoms with Crippen LogP contribution in [0.2, 0.25) is 0 Å². The van der Waals surface area contributed by atoms with Crippen molar-refractivity contribution in [3.05, 3.63) is 12.2 Å². The molecule has 0 heterocycles. The van der Waals surface area contributed by atoms with E-state index >= 15 is 0 Å². The van der Waals surface area contributed by atoms with Crippen LogP contribution in [0.4, 0.5) is 0 Å². The van der Waals surface area contributed by atoms with E-state index in [1.54, 1.807) is 0 Å². The number of fused-ring (bicyclic) bond motifs is 2. The summed E-state index contributed by atoms with van der Waals surface area (Å²) in [6, 6.07) is 0. The number of hydrogen-bond donors (Lipinski definition) is 1. The van der Waals surface area contributed by atoms with Crippen molar-refractivity contribution in [3.63, 3.8) is 0 Å². The van der Waals surface area contributed by atoms with Crippen LogP contribution in [0.15, 0.2) is 12.2 Å². The summed E-state index contributed by atoms with van der Waals surface area (Å²) in [7, 11) is 0. The van der Waals surface area contributed by atoms with Crippen LogP contribution in [0, 0.1) is 11.3 Å². The Balaban J connectivity index is 2.26. The molecule has 0 aromatic rings. The molecular weight excluding hydrogens is 152 g/mol. The molecule has 3 rings (SSSR count). The molecule has 2 heteroatoms. The van der Waals surface area contributed by atoms with E-state index in [-0.39, 0.29) is 12.0 Å². The van der Waals surface area contributed by atoms with Gasteiger partial charge in [-0.1, -0.05) is 12.2 Å². The van der Waals surface area contributed by atoms with Crippen molar-refractivity contribution in [1.29, 1.82) is 0 Å². The molecule has 66 valence electrons. The zero-order valence-electron chi connectivity index (χ0n) is 7.12. The third-order valence-corrected chi connectivity index (χ3v) is 3.21. The van der Waals surface area contributed by atoms with Crippen LogP contribution in [-0.4, -0.2) is 17.5 Å². The average molecular weight is 166 g/mol. The number of hydrogen-bond acceptors (Lipinski definition) is 2. The second kappa shape index (κ2) is 2.70. The molecule has 0 amide bonds. The predicted molar refractivity (Wildman–Crippen MR) is 45.6 cm³/mol. The Morgan fingerprint density at radius 3 is 3.00 bits per heavy atom. The topological polar surface area (TPSA) is 37.3 Å². The second-order valence-corrected chi connectivity index (χ2v) is 3.91. The van der Waals surface area contributed by atoms with Crippen molar-refractivity contribution < 1.29 is 9.90 Å². The Kier molecular flexibility index (Phi) is 1.80. The van der Waals surface area contributed by atoms with E-state index in [1.807, 2.05) is 6.08 Å². The van der Waals surface area contributed by atoms with Crippen molar-refractivity contribution in [2.45, 2.75) is 25.7 Å². The van der Waals surface area contributed by atoms with E-state index in [0.29, 0.717) is 24.5 Å². The van der Waals surface area contributed by atoms with Crippen LogP contribution < -0.4 is 0 Å². The number of carbonyl (C=O) groups excluding carboxylic acids is 1. The quantitative estimate of drug-likeness (QED) is 0.628. The minimum atomic E-state index is -0.274. The van der Waals surface area contributed by atoms with Crippen LogP contribution in [0.25, 0.3) is 0 Å². The molecule has 1 saturated carbocycles. The highest BCUT2D eigenvalue weighted by Crippen LogP contribution is 2.44. The lowest BCUT2D eigenvalue weighted by molar-refractivity contribution is -0.131. The first kappa shape index (κ1) is 7.99. The van der Waals surface area contributed by atoms with Gasteiger partial charge in [-0.25, -0.2) is 0 Å². The van der Waals surface area contributed by atoms with Crippen molar-refractivity contribution >= 4 is 5.78 Å². The van der Waals surface area contributed by atoms with E-state index in [4.69, 9.17) is 5.11 Å². The van der Waals surface area contributed by atoms with Crippen molar-refractivity contribution in [1.82, 2.24) is 0 Å². The molecule has 0 saturated heterocycles. The molecule has 3 aliphatic carbocycles. The number of aliphatic hydroxyl groups is 1. The molecule has 3 aliphatic rings. The van der Waals surface area contributed by atoms with Crippen molar-refractivity contribution in [2.24, 2.45) is 11.3 Å². The summed E-state index contributed by atoms with van der Waals surface area (Å²) in [6.45, 7) is 0.126. The first-order valence-electron chi connectivity index (χ1n) is 4.60. The number of carbonyl (C=O) groups is 1. The summed E-state index contributed by atoms with van der Waals surface area (Å²) < 4.78 is 0. The van der Waals surface area contributed by atoms with Crippen LogP contribution >= 0.6 is 0 Å². The molecule has 12 heavy (non-hydrogen) atoms.